The number of aromatic amines is 2. The van der Waals surface area contributed by atoms with Gasteiger partial charge in [-0.3, -0.25) is 14.7 Å². The van der Waals surface area contributed by atoms with Crippen LogP contribution in [0.5, 0.6) is 0 Å². The molecule has 0 atom stereocenters. The van der Waals surface area contributed by atoms with Gasteiger partial charge in [-0.05, 0) is 7.05 Å². The Labute approximate surface area is 120 Å². The molecule has 9 nitrogen and oxygen atoms in total. The average molecular weight is 294 g/mol. The minimum absolute atomic E-state index is 0.412. The van der Waals surface area contributed by atoms with E-state index in [2.05, 4.69) is 20.2 Å². The summed E-state index contributed by atoms with van der Waals surface area (Å²) in [6.45, 7) is 2.22. The zero-order valence-corrected chi connectivity index (χ0v) is 12.0. The van der Waals surface area contributed by atoms with Crippen molar-refractivity contribution >= 4 is 0 Å². The van der Waals surface area contributed by atoms with Crippen molar-refractivity contribution in [3.05, 3.63) is 44.8 Å². The highest BCUT2D eigenvalue weighted by Gasteiger charge is 2.09. The molecule has 2 rings (SSSR count). The predicted octanol–water partition coefficient (Wildman–Crippen LogP) is -1.07. The molecule has 2 N–H and O–H groups in total. The van der Waals surface area contributed by atoms with E-state index in [1.54, 1.807) is 13.4 Å². The third-order valence-corrected chi connectivity index (χ3v) is 2.90. The van der Waals surface area contributed by atoms with Crippen LogP contribution >= 0.6 is 0 Å². The lowest BCUT2D eigenvalue weighted by molar-refractivity contribution is 0.184. The second-order valence-electron chi connectivity index (χ2n) is 4.72. The summed E-state index contributed by atoms with van der Waals surface area (Å²) in [6, 6.07) is 1.37. The van der Waals surface area contributed by atoms with Gasteiger partial charge in [0, 0.05) is 32.0 Å². The lowest BCUT2D eigenvalue weighted by Gasteiger charge is -2.16. The summed E-state index contributed by atoms with van der Waals surface area (Å²) in [4.78, 5) is 29.1. The third-order valence-electron chi connectivity index (χ3n) is 2.90. The van der Waals surface area contributed by atoms with E-state index >= 15 is 0 Å². The molecular weight excluding hydrogens is 276 g/mol. The topological polar surface area (TPSA) is 109 Å². The Bertz CT molecular complexity index is 660. The first-order valence-corrected chi connectivity index (χ1v) is 6.45. The first kappa shape index (κ1) is 15.1. The highest BCUT2D eigenvalue weighted by atomic mass is 16.5. The first-order valence-electron chi connectivity index (χ1n) is 6.45. The quantitative estimate of drug-likeness (QED) is 0.673. The second kappa shape index (κ2) is 6.95. The van der Waals surface area contributed by atoms with E-state index in [1.165, 1.54) is 6.07 Å². The van der Waals surface area contributed by atoms with Crippen molar-refractivity contribution in [2.24, 2.45) is 0 Å². The molecule has 114 valence electrons. The molecule has 2 aromatic rings. The average Bonchev–Trinajstić information content (AvgIpc) is 2.82. The molecule has 0 aliphatic rings. The summed E-state index contributed by atoms with van der Waals surface area (Å²) < 4.78 is 6.93. The summed E-state index contributed by atoms with van der Waals surface area (Å²) in [6.07, 6.45) is 1.65. The molecule has 0 saturated heterocycles. The van der Waals surface area contributed by atoms with E-state index in [0.717, 1.165) is 5.82 Å². The number of nitrogens with zero attached hydrogens (tertiary/aromatic N) is 4. The highest BCUT2D eigenvalue weighted by Crippen LogP contribution is 2.03. The van der Waals surface area contributed by atoms with Crippen molar-refractivity contribution < 1.29 is 4.74 Å². The largest absolute Gasteiger partial charge is 0.383 e. The molecule has 0 amide bonds. The third kappa shape index (κ3) is 4.36. The number of hydrogen-bond acceptors (Lipinski definition) is 6. The zero-order chi connectivity index (χ0) is 15.2. The molecule has 0 aliphatic heterocycles. The zero-order valence-electron chi connectivity index (χ0n) is 12.0. The Kier molecular flexibility index (Phi) is 5.01. The van der Waals surface area contributed by atoms with E-state index in [4.69, 9.17) is 4.74 Å². The van der Waals surface area contributed by atoms with E-state index < -0.39 is 11.2 Å². The van der Waals surface area contributed by atoms with Gasteiger partial charge in [-0.2, -0.15) is 0 Å². The van der Waals surface area contributed by atoms with Crippen molar-refractivity contribution in [2.45, 2.75) is 19.6 Å². The van der Waals surface area contributed by atoms with Gasteiger partial charge in [-0.1, -0.05) is 0 Å². The van der Waals surface area contributed by atoms with E-state index in [0.29, 0.717) is 31.9 Å². The fraction of sp³-hybridized carbons (Fsp3) is 0.500. The predicted molar refractivity (Wildman–Crippen MR) is 74.8 cm³/mol. The number of H-pyrrole nitrogens is 2. The monoisotopic (exact) mass is 294 g/mol. The summed E-state index contributed by atoms with van der Waals surface area (Å²) in [5, 5.41) is 7.94. The highest BCUT2D eigenvalue weighted by molar-refractivity contribution is 4.98. The Morgan fingerprint density at radius 1 is 1.33 bits per heavy atom. The van der Waals surface area contributed by atoms with Crippen molar-refractivity contribution in [3.63, 3.8) is 0 Å². The van der Waals surface area contributed by atoms with E-state index in [9.17, 15) is 9.59 Å². The number of nitrogens with one attached hydrogen (secondary N) is 2. The lowest BCUT2D eigenvalue weighted by atomic mass is 10.3. The molecule has 9 heteroatoms. The molecule has 0 spiro atoms. The van der Waals surface area contributed by atoms with Crippen LogP contribution in [0, 0.1) is 0 Å². The number of rotatable bonds is 7. The summed E-state index contributed by atoms with van der Waals surface area (Å²) >= 11 is 0. The Hall–Kier alpha value is -2.26. The fourth-order valence-corrected chi connectivity index (χ4v) is 1.97. The van der Waals surface area contributed by atoms with Gasteiger partial charge < -0.3 is 14.3 Å². The molecule has 2 heterocycles. The molecule has 0 radical (unpaired) electrons. The van der Waals surface area contributed by atoms with Crippen molar-refractivity contribution in [2.75, 3.05) is 20.8 Å². The summed E-state index contributed by atoms with van der Waals surface area (Å²) in [5.74, 6) is 0.793. The SMILES string of the molecule is COCCn1cnnc1CN(C)Cc1cc(=O)[nH]c(=O)[nH]1. The molecule has 21 heavy (non-hydrogen) atoms. The molecule has 0 aromatic carbocycles. The van der Waals surface area contributed by atoms with Gasteiger partial charge in [0.2, 0.25) is 0 Å². The molecule has 0 fully saturated rings. The van der Waals surface area contributed by atoms with Crippen LogP contribution in [0.15, 0.2) is 22.0 Å². The van der Waals surface area contributed by atoms with Crippen LogP contribution in [-0.2, 0) is 24.4 Å². The number of ether oxygens (including phenoxy) is 1. The molecule has 0 unspecified atom stereocenters. The van der Waals surface area contributed by atoms with Crippen LogP contribution in [0.2, 0.25) is 0 Å². The van der Waals surface area contributed by atoms with Gasteiger partial charge in [-0.25, -0.2) is 4.79 Å². The maximum atomic E-state index is 11.2. The van der Waals surface area contributed by atoms with Gasteiger partial charge in [0.1, 0.15) is 12.2 Å². The first-order chi connectivity index (χ1) is 10.1. The second-order valence-corrected chi connectivity index (χ2v) is 4.72. The van der Waals surface area contributed by atoms with E-state index in [1.807, 2.05) is 16.5 Å². The van der Waals surface area contributed by atoms with Crippen molar-refractivity contribution in [1.82, 2.24) is 29.6 Å². The Morgan fingerprint density at radius 3 is 2.86 bits per heavy atom. The molecule has 2 aromatic heterocycles. The standard InChI is InChI=1S/C12H18N6O3/c1-17(6-9-5-11(19)15-12(20)14-9)7-10-16-13-8-18(10)3-4-21-2/h5,8H,3-4,6-7H2,1-2H3,(H2,14,15,19,20). The summed E-state index contributed by atoms with van der Waals surface area (Å²) in [5.41, 5.74) is -0.367. The summed E-state index contributed by atoms with van der Waals surface area (Å²) in [7, 11) is 3.51. The minimum Gasteiger partial charge on any atom is -0.383 e. The minimum atomic E-state index is -0.505. The number of aromatic nitrogens is 5. The van der Waals surface area contributed by atoms with Gasteiger partial charge in [0.05, 0.1) is 13.2 Å². The Morgan fingerprint density at radius 2 is 2.14 bits per heavy atom. The van der Waals surface area contributed by atoms with Crippen LogP contribution in [0.4, 0.5) is 0 Å². The molecular formula is C12H18N6O3. The fourth-order valence-electron chi connectivity index (χ4n) is 1.97. The van der Waals surface area contributed by atoms with Crippen LogP contribution in [-0.4, -0.2) is 50.4 Å². The lowest BCUT2D eigenvalue weighted by Crippen LogP contribution is -2.27. The molecule has 0 bridgehead atoms. The van der Waals surface area contributed by atoms with Crippen LogP contribution in [0.3, 0.4) is 0 Å². The molecule has 0 saturated carbocycles. The van der Waals surface area contributed by atoms with Crippen molar-refractivity contribution in [3.8, 4) is 0 Å². The van der Waals surface area contributed by atoms with Gasteiger partial charge in [0.15, 0.2) is 0 Å². The van der Waals surface area contributed by atoms with Gasteiger partial charge in [-0.15, -0.1) is 10.2 Å². The maximum absolute atomic E-state index is 11.2. The smallest absolute Gasteiger partial charge is 0.325 e. The number of hydrogen-bond donors (Lipinski definition) is 2. The van der Waals surface area contributed by atoms with Crippen LogP contribution < -0.4 is 11.2 Å². The van der Waals surface area contributed by atoms with Crippen LogP contribution in [0.1, 0.15) is 11.5 Å². The van der Waals surface area contributed by atoms with Gasteiger partial charge >= 0.3 is 5.69 Å². The number of methoxy groups -OCH3 is 1. The van der Waals surface area contributed by atoms with Crippen LogP contribution in [0.25, 0.3) is 0 Å². The van der Waals surface area contributed by atoms with Crippen molar-refractivity contribution in [1.29, 1.82) is 0 Å². The molecule has 0 aliphatic carbocycles. The van der Waals surface area contributed by atoms with Gasteiger partial charge in [0.25, 0.3) is 5.56 Å². The maximum Gasteiger partial charge on any atom is 0.325 e. The Balaban J connectivity index is 2.01. The normalized spacial score (nSPS) is 11.2. The van der Waals surface area contributed by atoms with E-state index in [-0.39, 0.29) is 0 Å².